The smallest absolute Gasteiger partial charge is 0.368 e. The van der Waals surface area contributed by atoms with Crippen molar-refractivity contribution in [2.24, 2.45) is 0 Å². The van der Waals surface area contributed by atoms with Crippen molar-refractivity contribution in [2.75, 3.05) is 13.1 Å². The van der Waals surface area contributed by atoms with E-state index in [1.807, 2.05) is 0 Å². The first kappa shape index (κ1) is 13.5. The van der Waals surface area contributed by atoms with E-state index in [0.29, 0.717) is 23.1 Å². The highest BCUT2D eigenvalue weighted by Gasteiger charge is 2.38. The summed E-state index contributed by atoms with van der Waals surface area (Å²) in [4.78, 5) is 1.42. The zero-order valence-electron chi connectivity index (χ0n) is 9.67. The zero-order chi connectivity index (χ0) is 13.2. The number of hydrogen-bond acceptors (Lipinski definition) is 1. The Morgan fingerprint density at radius 1 is 1.17 bits per heavy atom. The quantitative estimate of drug-likeness (QED) is 0.778. The van der Waals surface area contributed by atoms with Crippen LogP contribution in [-0.2, 0) is 0 Å². The molecule has 18 heavy (non-hydrogen) atoms. The number of benzene rings is 1. The van der Waals surface area contributed by atoms with Gasteiger partial charge in [-0.15, -0.1) is 0 Å². The lowest BCUT2D eigenvalue weighted by Gasteiger charge is -2.23. The van der Waals surface area contributed by atoms with Crippen molar-refractivity contribution in [1.82, 2.24) is 4.90 Å². The van der Waals surface area contributed by atoms with E-state index in [9.17, 15) is 13.2 Å². The Hall–Kier alpha value is -0.970. The third-order valence-corrected chi connectivity index (χ3v) is 3.66. The van der Waals surface area contributed by atoms with Gasteiger partial charge in [-0.05, 0) is 30.5 Å². The minimum absolute atomic E-state index is 0.482. The van der Waals surface area contributed by atoms with Crippen LogP contribution in [-0.4, -0.2) is 24.2 Å². The van der Waals surface area contributed by atoms with E-state index in [1.54, 1.807) is 24.3 Å². The van der Waals surface area contributed by atoms with Gasteiger partial charge < -0.3 is 4.90 Å². The van der Waals surface area contributed by atoms with Gasteiger partial charge in [0.2, 0.25) is 0 Å². The maximum atomic E-state index is 13.1. The van der Waals surface area contributed by atoms with Crippen molar-refractivity contribution in [3.05, 3.63) is 40.0 Å². The van der Waals surface area contributed by atoms with E-state index in [1.165, 1.54) is 11.0 Å². The first-order valence-corrected chi connectivity index (χ1v) is 6.56. The van der Waals surface area contributed by atoms with Crippen molar-refractivity contribution in [3.63, 3.8) is 0 Å². The van der Waals surface area contributed by atoms with Gasteiger partial charge in [0, 0.05) is 17.6 Å². The van der Waals surface area contributed by atoms with Crippen molar-refractivity contribution >= 4 is 22.0 Å². The van der Waals surface area contributed by atoms with Crippen molar-refractivity contribution in [2.45, 2.75) is 19.0 Å². The predicted octanol–water partition coefficient (Wildman–Crippen LogP) is 4.45. The number of allylic oxidation sites excluding steroid dienone is 1. The molecule has 0 radical (unpaired) electrons. The van der Waals surface area contributed by atoms with Gasteiger partial charge in [-0.2, -0.15) is 13.2 Å². The van der Waals surface area contributed by atoms with Gasteiger partial charge in [-0.1, -0.05) is 34.1 Å². The second-order valence-electron chi connectivity index (χ2n) is 4.24. The Labute approximate surface area is 112 Å². The number of rotatable bonds is 2. The highest BCUT2D eigenvalue weighted by Crippen LogP contribution is 2.33. The summed E-state index contributed by atoms with van der Waals surface area (Å²) in [5, 5.41) is 0. The third kappa shape index (κ3) is 3.07. The Morgan fingerprint density at radius 2 is 1.78 bits per heavy atom. The summed E-state index contributed by atoms with van der Waals surface area (Å²) in [5.41, 5.74) is 0.00336. The average molecular weight is 320 g/mol. The molecule has 1 aliphatic rings. The molecular weight excluding hydrogens is 307 g/mol. The highest BCUT2D eigenvalue weighted by molar-refractivity contribution is 9.10. The number of nitrogens with zero attached hydrogens (tertiary/aromatic N) is 1. The number of halogens is 4. The minimum atomic E-state index is -4.31. The van der Waals surface area contributed by atoms with Gasteiger partial charge in [-0.3, -0.25) is 0 Å². The van der Waals surface area contributed by atoms with Gasteiger partial charge in [0.25, 0.3) is 0 Å². The van der Waals surface area contributed by atoms with Crippen LogP contribution < -0.4 is 0 Å². The van der Waals surface area contributed by atoms with Gasteiger partial charge >= 0.3 is 6.18 Å². The summed E-state index contributed by atoms with van der Waals surface area (Å²) in [5.74, 6) is 0. The fourth-order valence-corrected chi connectivity index (χ4v) is 2.45. The van der Waals surface area contributed by atoms with Crippen molar-refractivity contribution < 1.29 is 13.2 Å². The standard InChI is InChI=1S/C13H13BrF3N/c14-11-6-2-1-5-10(11)9-12(13(15,16)17)18-7-3-4-8-18/h1-2,5-6,9H,3-4,7-8H2/b12-9+. The van der Waals surface area contributed by atoms with Crippen molar-refractivity contribution in [1.29, 1.82) is 0 Å². The third-order valence-electron chi connectivity index (χ3n) is 2.93. The molecule has 5 heteroatoms. The monoisotopic (exact) mass is 319 g/mol. The minimum Gasteiger partial charge on any atom is -0.368 e. The summed E-state index contributed by atoms with van der Waals surface area (Å²) in [6.45, 7) is 0.964. The fraction of sp³-hybridized carbons (Fsp3) is 0.385. The molecule has 1 aromatic carbocycles. The molecular formula is C13H13BrF3N. The van der Waals surface area contributed by atoms with E-state index >= 15 is 0 Å². The molecule has 0 amide bonds. The summed E-state index contributed by atoms with van der Waals surface area (Å²) in [6.07, 6.45) is -1.44. The summed E-state index contributed by atoms with van der Waals surface area (Å²) >= 11 is 3.27. The van der Waals surface area contributed by atoms with Crippen LogP contribution in [0.15, 0.2) is 34.4 Å². The van der Waals surface area contributed by atoms with Gasteiger partial charge in [0.15, 0.2) is 0 Å². The van der Waals surface area contributed by atoms with Crippen LogP contribution in [0.2, 0.25) is 0 Å². The first-order valence-electron chi connectivity index (χ1n) is 5.77. The molecule has 1 nitrogen and oxygen atoms in total. The molecule has 0 aromatic heterocycles. The molecule has 1 heterocycles. The average Bonchev–Trinajstić information content (AvgIpc) is 2.79. The molecule has 2 rings (SSSR count). The number of alkyl halides is 3. The lowest BCUT2D eigenvalue weighted by Crippen LogP contribution is -2.29. The Bertz CT molecular complexity index is 448. The van der Waals surface area contributed by atoms with E-state index in [2.05, 4.69) is 15.9 Å². The van der Waals surface area contributed by atoms with Gasteiger partial charge in [-0.25, -0.2) is 0 Å². The van der Waals surface area contributed by atoms with E-state index < -0.39 is 11.9 Å². The van der Waals surface area contributed by atoms with Gasteiger partial charge in [0.1, 0.15) is 5.70 Å². The largest absolute Gasteiger partial charge is 0.431 e. The molecule has 0 spiro atoms. The van der Waals surface area contributed by atoms with Gasteiger partial charge in [0.05, 0.1) is 0 Å². The van der Waals surface area contributed by atoms with Crippen LogP contribution in [0.4, 0.5) is 13.2 Å². The molecule has 0 N–H and O–H groups in total. The van der Waals surface area contributed by atoms with Crippen LogP contribution in [0.25, 0.3) is 6.08 Å². The predicted molar refractivity (Wildman–Crippen MR) is 69.0 cm³/mol. The van der Waals surface area contributed by atoms with E-state index in [-0.39, 0.29) is 0 Å². The van der Waals surface area contributed by atoms with Crippen LogP contribution in [0.1, 0.15) is 18.4 Å². The molecule has 0 aliphatic carbocycles. The molecule has 1 fully saturated rings. The Morgan fingerprint density at radius 3 is 2.33 bits per heavy atom. The zero-order valence-corrected chi connectivity index (χ0v) is 11.3. The molecule has 0 atom stereocenters. The Balaban J connectivity index is 2.37. The van der Waals surface area contributed by atoms with Crippen LogP contribution in [0, 0.1) is 0 Å². The molecule has 1 saturated heterocycles. The summed E-state index contributed by atoms with van der Waals surface area (Å²) in [6, 6.07) is 6.93. The summed E-state index contributed by atoms with van der Waals surface area (Å²) < 4.78 is 39.9. The van der Waals surface area contributed by atoms with Crippen LogP contribution >= 0.6 is 15.9 Å². The fourth-order valence-electron chi connectivity index (χ4n) is 2.05. The second kappa shape index (κ2) is 5.34. The van der Waals surface area contributed by atoms with E-state index in [4.69, 9.17) is 0 Å². The molecule has 0 bridgehead atoms. The maximum Gasteiger partial charge on any atom is 0.431 e. The maximum absolute atomic E-state index is 13.1. The second-order valence-corrected chi connectivity index (χ2v) is 5.10. The topological polar surface area (TPSA) is 3.24 Å². The molecule has 0 saturated carbocycles. The van der Waals surface area contributed by atoms with Crippen molar-refractivity contribution in [3.8, 4) is 0 Å². The molecule has 98 valence electrons. The lowest BCUT2D eigenvalue weighted by molar-refractivity contribution is -0.108. The SMILES string of the molecule is FC(F)(F)/C(=C\c1ccccc1Br)N1CCCC1. The van der Waals surface area contributed by atoms with E-state index in [0.717, 1.165) is 12.8 Å². The summed E-state index contributed by atoms with van der Waals surface area (Å²) in [7, 11) is 0. The molecule has 0 unspecified atom stereocenters. The molecule has 1 aromatic rings. The normalized spacial score (nSPS) is 17.3. The number of hydrogen-bond donors (Lipinski definition) is 0. The van der Waals surface area contributed by atoms with Crippen LogP contribution in [0.3, 0.4) is 0 Å². The molecule has 1 aliphatic heterocycles. The van der Waals surface area contributed by atoms with Crippen LogP contribution in [0.5, 0.6) is 0 Å². The lowest BCUT2D eigenvalue weighted by atomic mass is 10.2. The highest BCUT2D eigenvalue weighted by atomic mass is 79.9. The number of likely N-dealkylation sites (tertiary alicyclic amines) is 1. The Kier molecular flexibility index (Phi) is 4.00. The first-order chi connectivity index (χ1) is 8.48.